The first-order chi connectivity index (χ1) is 6.87. The average molecular weight is 225 g/mol. The van der Waals surface area contributed by atoms with Crippen LogP contribution in [-0.2, 0) is 6.42 Å². The monoisotopic (exact) mass is 225 g/mol. The van der Waals surface area contributed by atoms with E-state index < -0.39 is 0 Å². The Hall–Kier alpha value is -0.610. The number of rotatable bonds is 3. The summed E-state index contributed by atoms with van der Waals surface area (Å²) in [5.41, 5.74) is 6.80. The molecule has 1 aromatic heterocycles. The van der Waals surface area contributed by atoms with E-state index in [1.807, 2.05) is 19.3 Å². The molecular formula is C11H19N3S. The van der Waals surface area contributed by atoms with Crippen molar-refractivity contribution in [2.45, 2.75) is 50.1 Å². The maximum absolute atomic E-state index is 5.70. The zero-order chi connectivity index (χ0) is 11.5. The Morgan fingerprint density at radius 2 is 1.87 bits per heavy atom. The summed E-state index contributed by atoms with van der Waals surface area (Å²) in [6, 6.07) is 0.162. The molecular weight excluding hydrogens is 206 g/mol. The molecule has 0 saturated heterocycles. The van der Waals surface area contributed by atoms with Crippen LogP contribution in [0.4, 0.5) is 0 Å². The lowest BCUT2D eigenvalue weighted by Gasteiger charge is -2.15. The van der Waals surface area contributed by atoms with Gasteiger partial charge >= 0.3 is 0 Å². The summed E-state index contributed by atoms with van der Waals surface area (Å²) in [5.74, 6) is 0. The molecule has 0 aliphatic rings. The van der Waals surface area contributed by atoms with Crippen molar-refractivity contribution in [1.82, 2.24) is 9.97 Å². The lowest BCUT2D eigenvalue weighted by atomic mass is 10.1. The highest BCUT2D eigenvalue weighted by molar-refractivity contribution is 8.00. The number of thioether (sulfide) groups is 1. The Bertz CT molecular complexity index is 301. The van der Waals surface area contributed by atoms with E-state index in [0.717, 1.165) is 17.1 Å². The van der Waals surface area contributed by atoms with Crippen molar-refractivity contribution in [3.63, 3.8) is 0 Å². The quantitative estimate of drug-likeness (QED) is 0.633. The van der Waals surface area contributed by atoms with E-state index in [2.05, 4.69) is 30.7 Å². The van der Waals surface area contributed by atoms with Crippen LogP contribution in [0, 0.1) is 0 Å². The first-order valence-corrected chi connectivity index (χ1v) is 5.94. The number of aromatic nitrogens is 2. The van der Waals surface area contributed by atoms with E-state index in [4.69, 9.17) is 5.73 Å². The fourth-order valence-corrected chi connectivity index (χ4v) is 1.91. The molecule has 2 N–H and O–H groups in total. The number of hydrogen-bond donors (Lipinski definition) is 1. The third-order valence-electron chi connectivity index (χ3n) is 1.64. The Kier molecular flexibility index (Phi) is 4.11. The third-order valence-corrected chi connectivity index (χ3v) is 2.64. The molecule has 0 aliphatic carbocycles. The SMILES string of the molecule is CC(N)Cc1cnc(SC(C)(C)C)nc1. The van der Waals surface area contributed by atoms with E-state index in [0.29, 0.717) is 0 Å². The molecule has 0 aromatic carbocycles. The van der Waals surface area contributed by atoms with Crippen molar-refractivity contribution in [3.05, 3.63) is 18.0 Å². The van der Waals surface area contributed by atoms with Crippen LogP contribution in [-0.4, -0.2) is 20.8 Å². The highest BCUT2D eigenvalue weighted by Crippen LogP contribution is 2.28. The van der Waals surface area contributed by atoms with Crippen LogP contribution < -0.4 is 5.73 Å². The number of nitrogens with zero attached hydrogens (tertiary/aromatic N) is 2. The van der Waals surface area contributed by atoms with E-state index in [-0.39, 0.29) is 10.8 Å². The predicted molar refractivity (Wildman–Crippen MR) is 65.0 cm³/mol. The average Bonchev–Trinajstić information content (AvgIpc) is 2.05. The molecule has 0 bridgehead atoms. The molecule has 0 fully saturated rings. The lowest BCUT2D eigenvalue weighted by Crippen LogP contribution is -2.18. The summed E-state index contributed by atoms with van der Waals surface area (Å²) >= 11 is 1.67. The van der Waals surface area contributed by atoms with Crippen LogP contribution in [0.25, 0.3) is 0 Å². The van der Waals surface area contributed by atoms with Crippen LogP contribution in [0.1, 0.15) is 33.3 Å². The van der Waals surface area contributed by atoms with Gasteiger partial charge < -0.3 is 5.73 Å². The van der Waals surface area contributed by atoms with Crippen molar-refractivity contribution in [3.8, 4) is 0 Å². The van der Waals surface area contributed by atoms with Gasteiger partial charge in [-0.1, -0.05) is 32.5 Å². The molecule has 4 heteroatoms. The maximum atomic E-state index is 5.70. The van der Waals surface area contributed by atoms with Gasteiger partial charge in [0, 0.05) is 23.2 Å². The number of hydrogen-bond acceptors (Lipinski definition) is 4. The maximum Gasteiger partial charge on any atom is 0.187 e. The minimum Gasteiger partial charge on any atom is -0.328 e. The molecule has 1 heterocycles. The minimum atomic E-state index is 0.155. The van der Waals surface area contributed by atoms with Gasteiger partial charge in [0.2, 0.25) is 0 Å². The van der Waals surface area contributed by atoms with Gasteiger partial charge in [-0.2, -0.15) is 0 Å². The van der Waals surface area contributed by atoms with E-state index in [1.165, 1.54) is 0 Å². The second-order valence-corrected chi connectivity index (χ2v) is 6.56. The molecule has 1 atom stereocenters. The largest absolute Gasteiger partial charge is 0.328 e. The standard InChI is InChI=1S/C11H19N3S/c1-8(12)5-9-6-13-10(14-7-9)15-11(2,3)4/h6-8H,5,12H2,1-4H3. The van der Waals surface area contributed by atoms with Crippen LogP contribution >= 0.6 is 11.8 Å². The normalized spacial score (nSPS) is 13.9. The van der Waals surface area contributed by atoms with Crippen LogP contribution in [0.15, 0.2) is 17.6 Å². The van der Waals surface area contributed by atoms with Crippen molar-refractivity contribution in [2.24, 2.45) is 5.73 Å². The molecule has 0 aliphatic heterocycles. The zero-order valence-corrected chi connectivity index (χ0v) is 10.6. The fraction of sp³-hybridized carbons (Fsp3) is 0.636. The fourth-order valence-electron chi connectivity index (χ4n) is 1.15. The highest BCUT2D eigenvalue weighted by atomic mass is 32.2. The Morgan fingerprint density at radius 1 is 1.33 bits per heavy atom. The van der Waals surface area contributed by atoms with Crippen LogP contribution in [0.3, 0.4) is 0 Å². The Labute approximate surface area is 95.9 Å². The Balaban J connectivity index is 2.64. The second-order valence-electron chi connectivity index (χ2n) is 4.77. The smallest absolute Gasteiger partial charge is 0.187 e. The summed E-state index contributed by atoms with van der Waals surface area (Å²) in [4.78, 5) is 8.63. The summed E-state index contributed by atoms with van der Waals surface area (Å²) in [5, 5.41) is 0.830. The highest BCUT2D eigenvalue weighted by Gasteiger charge is 2.13. The molecule has 84 valence electrons. The van der Waals surface area contributed by atoms with Gasteiger partial charge in [0.1, 0.15) is 0 Å². The molecule has 0 spiro atoms. The summed E-state index contributed by atoms with van der Waals surface area (Å²) in [6.07, 6.45) is 4.56. The van der Waals surface area contributed by atoms with Crippen molar-refractivity contribution < 1.29 is 0 Å². The Morgan fingerprint density at radius 3 is 2.27 bits per heavy atom. The molecule has 0 saturated carbocycles. The van der Waals surface area contributed by atoms with E-state index >= 15 is 0 Å². The number of nitrogens with two attached hydrogens (primary N) is 1. The van der Waals surface area contributed by atoms with Crippen LogP contribution in [0.2, 0.25) is 0 Å². The molecule has 15 heavy (non-hydrogen) atoms. The first kappa shape index (κ1) is 12.5. The molecule has 0 radical (unpaired) electrons. The topological polar surface area (TPSA) is 51.8 Å². The van der Waals surface area contributed by atoms with Gasteiger partial charge in [-0.05, 0) is 18.9 Å². The summed E-state index contributed by atoms with van der Waals surface area (Å²) < 4.78 is 0.155. The molecule has 3 nitrogen and oxygen atoms in total. The minimum absolute atomic E-state index is 0.155. The molecule has 1 aromatic rings. The zero-order valence-electron chi connectivity index (χ0n) is 9.82. The second kappa shape index (κ2) is 4.94. The van der Waals surface area contributed by atoms with Gasteiger partial charge in [-0.3, -0.25) is 0 Å². The predicted octanol–water partition coefficient (Wildman–Crippen LogP) is 2.26. The van der Waals surface area contributed by atoms with Gasteiger partial charge in [-0.15, -0.1) is 0 Å². The molecule has 1 rings (SSSR count). The summed E-state index contributed by atoms with van der Waals surface area (Å²) in [7, 11) is 0. The lowest BCUT2D eigenvalue weighted by molar-refractivity contribution is 0.725. The van der Waals surface area contributed by atoms with E-state index in [9.17, 15) is 0 Å². The van der Waals surface area contributed by atoms with Crippen molar-refractivity contribution in [2.75, 3.05) is 0 Å². The van der Waals surface area contributed by atoms with Gasteiger partial charge in [-0.25, -0.2) is 9.97 Å². The van der Waals surface area contributed by atoms with Crippen molar-refractivity contribution >= 4 is 11.8 Å². The molecule has 1 unspecified atom stereocenters. The molecule has 0 amide bonds. The van der Waals surface area contributed by atoms with Gasteiger partial charge in [0.05, 0.1) is 0 Å². The third kappa shape index (κ3) is 5.14. The van der Waals surface area contributed by atoms with Crippen LogP contribution in [0.5, 0.6) is 0 Å². The first-order valence-electron chi connectivity index (χ1n) is 5.12. The van der Waals surface area contributed by atoms with E-state index in [1.54, 1.807) is 11.8 Å². The summed E-state index contributed by atoms with van der Waals surface area (Å²) in [6.45, 7) is 8.43. The van der Waals surface area contributed by atoms with Crippen molar-refractivity contribution in [1.29, 1.82) is 0 Å². The van der Waals surface area contributed by atoms with Gasteiger partial charge in [0.15, 0.2) is 5.16 Å². The van der Waals surface area contributed by atoms with Gasteiger partial charge in [0.25, 0.3) is 0 Å².